The highest BCUT2D eigenvalue weighted by molar-refractivity contribution is 5.98. The molecular weight excluding hydrogens is 484 g/mol. The summed E-state index contributed by atoms with van der Waals surface area (Å²) in [6, 6.07) is 24.4. The maximum Gasteiger partial charge on any atom is 0.251 e. The van der Waals surface area contributed by atoms with E-state index in [4.69, 9.17) is 5.73 Å². The van der Waals surface area contributed by atoms with Crippen molar-refractivity contribution in [1.29, 1.82) is 0 Å². The van der Waals surface area contributed by atoms with Gasteiger partial charge in [0.2, 0.25) is 5.91 Å². The van der Waals surface area contributed by atoms with Crippen molar-refractivity contribution < 1.29 is 9.59 Å². The molecule has 0 aromatic heterocycles. The molecule has 3 aromatic rings. The van der Waals surface area contributed by atoms with Crippen molar-refractivity contribution in [2.24, 2.45) is 5.73 Å². The Morgan fingerprint density at radius 2 is 1.72 bits per heavy atom. The Labute approximate surface area is 232 Å². The molecule has 6 nitrogen and oxygen atoms in total. The molecule has 3 aromatic carbocycles. The predicted octanol–water partition coefficient (Wildman–Crippen LogP) is 4.77. The summed E-state index contributed by atoms with van der Waals surface area (Å²) in [5.74, 6) is 0.0893. The number of nitrogens with two attached hydrogens (primary N) is 1. The summed E-state index contributed by atoms with van der Waals surface area (Å²) in [5.41, 5.74) is 7.86. The van der Waals surface area contributed by atoms with Crippen LogP contribution in [0.5, 0.6) is 0 Å². The van der Waals surface area contributed by atoms with Crippen molar-refractivity contribution in [1.82, 2.24) is 15.5 Å². The van der Waals surface area contributed by atoms with Crippen molar-refractivity contribution in [3.8, 4) is 0 Å². The number of rotatable bonds is 9. The maximum absolute atomic E-state index is 13.9. The van der Waals surface area contributed by atoms with E-state index in [1.54, 1.807) is 0 Å². The number of carbonyl (C=O) groups is 2. The molecule has 1 saturated carbocycles. The predicted molar refractivity (Wildman–Crippen MR) is 158 cm³/mol. The van der Waals surface area contributed by atoms with E-state index in [1.807, 2.05) is 42.5 Å². The molecule has 4 N–H and O–H groups in total. The van der Waals surface area contributed by atoms with Crippen LogP contribution in [-0.2, 0) is 10.2 Å². The summed E-state index contributed by atoms with van der Waals surface area (Å²) in [5, 5.41) is 8.89. The summed E-state index contributed by atoms with van der Waals surface area (Å²) in [4.78, 5) is 29.0. The lowest BCUT2D eigenvalue weighted by Gasteiger charge is -2.42. The monoisotopic (exact) mass is 526 g/mol. The molecule has 2 unspecified atom stereocenters. The molecule has 0 radical (unpaired) electrons. The van der Waals surface area contributed by atoms with Crippen molar-refractivity contribution >= 4 is 22.6 Å². The minimum atomic E-state index is -0.282. The van der Waals surface area contributed by atoms with E-state index in [0.717, 1.165) is 43.0 Å². The summed E-state index contributed by atoms with van der Waals surface area (Å²) in [6.45, 7) is 2.49. The van der Waals surface area contributed by atoms with Crippen LogP contribution in [0.25, 0.3) is 10.8 Å². The first kappa shape index (κ1) is 27.4. The van der Waals surface area contributed by atoms with Gasteiger partial charge in [-0.1, -0.05) is 79.9 Å². The molecule has 0 bridgehead atoms. The summed E-state index contributed by atoms with van der Waals surface area (Å²) in [7, 11) is 0. The molecule has 39 heavy (non-hydrogen) atoms. The number of fused-ring (bicyclic) bond motifs is 1. The molecule has 2 fully saturated rings. The number of nitrogens with zero attached hydrogens (tertiary/aromatic N) is 1. The van der Waals surface area contributed by atoms with Crippen LogP contribution in [0.4, 0.5) is 0 Å². The largest absolute Gasteiger partial charge is 0.350 e. The quantitative estimate of drug-likeness (QED) is 0.375. The molecule has 6 heteroatoms. The van der Waals surface area contributed by atoms with Crippen LogP contribution in [0.2, 0.25) is 0 Å². The lowest BCUT2D eigenvalue weighted by molar-refractivity contribution is -0.134. The van der Waals surface area contributed by atoms with Crippen LogP contribution < -0.4 is 16.4 Å². The maximum atomic E-state index is 13.9. The number of amides is 2. The van der Waals surface area contributed by atoms with Crippen LogP contribution in [0.15, 0.2) is 72.8 Å². The molecule has 5 rings (SSSR count). The van der Waals surface area contributed by atoms with Gasteiger partial charge in [0.25, 0.3) is 5.91 Å². The van der Waals surface area contributed by atoms with E-state index in [0.29, 0.717) is 31.6 Å². The average molecular weight is 527 g/mol. The highest BCUT2D eigenvalue weighted by Crippen LogP contribution is 2.40. The fourth-order valence-electron chi connectivity index (χ4n) is 6.50. The van der Waals surface area contributed by atoms with Crippen LogP contribution in [-0.4, -0.2) is 55.0 Å². The number of nitrogens with one attached hydrogen (secondary N) is 2. The Morgan fingerprint density at radius 1 is 0.974 bits per heavy atom. The fourth-order valence-corrected chi connectivity index (χ4v) is 6.50. The van der Waals surface area contributed by atoms with E-state index in [-0.39, 0.29) is 29.3 Å². The third-order valence-electron chi connectivity index (χ3n) is 8.70. The first-order chi connectivity index (χ1) is 19.1. The Hall–Kier alpha value is -3.22. The third kappa shape index (κ3) is 6.51. The van der Waals surface area contributed by atoms with Gasteiger partial charge in [0.1, 0.15) is 0 Å². The Kier molecular flexibility index (Phi) is 8.95. The Bertz CT molecular complexity index is 1250. The Morgan fingerprint density at radius 3 is 2.49 bits per heavy atom. The number of hydrogen-bond acceptors (Lipinski definition) is 4. The normalized spacial score (nSPS) is 21.5. The number of benzene rings is 3. The highest BCUT2D eigenvalue weighted by atomic mass is 16.2. The molecular formula is C33H42N4O2. The van der Waals surface area contributed by atoms with Gasteiger partial charge in [-0.15, -0.1) is 0 Å². The first-order valence-corrected chi connectivity index (χ1v) is 14.7. The van der Waals surface area contributed by atoms with Gasteiger partial charge in [0.15, 0.2) is 0 Å². The van der Waals surface area contributed by atoms with Gasteiger partial charge in [-0.25, -0.2) is 0 Å². The van der Waals surface area contributed by atoms with Crippen LogP contribution in [0, 0.1) is 0 Å². The average Bonchev–Trinajstić information content (AvgIpc) is 3.13. The van der Waals surface area contributed by atoms with Crippen LogP contribution in [0.3, 0.4) is 0 Å². The van der Waals surface area contributed by atoms with Crippen LogP contribution >= 0.6 is 0 Å². The van der Waals surface area contributed by atoms with E-state index in [9.17, 15) is 9.59 Å². The van der Waals surface area contributed by atoms with Gasteiger partial charge in [0, 0.05) is 36.7 Å². The van der Waals surface area contributed by atoms with E-state index in [2.05, 4.69) is 45.9 Å². The SMILES string of the molecule is NCCCC1NC(CNC(=O)c2ccc3ccccc3c2)CCN(CC2(c3ccccc3)CCCCC2)C1=O. The minimum absolute atomic E-state index is 0.0116. The van der Waals surface area contributed by atoms with Crippen molar-refractivity contribution in [3.63, 3.8) is 0 Å². The van der Waals surface area contributed by atoms with E-state index in [1.165, 1.54) is 24.8 Å². The zero-order chi connectivity index (χ0) is 27.1. The second-order valence-corrected chi connectivity index (χ2v) is 11.4. The van der Waals surface area contributed by atoms with E-state index >= 15 is 0 Å². The summed E-state index contributed by atoms with van der Waals surface area (Å²) in [6.07, 6.45) is 8.21. The van der Waals surface area contributed by atoms with Crippen molar-refractivity contribution in [2.45, 2.75) is 68.9 Å². The zero-order valence-electron chi connectivity index (χ0n) is 22.9. The van der Waals surface area contributed by atoms with Gasteiger partial charge in [-0.3, -0.25) is 9.59 Å². The Balaban J connectivity index is 1.29. The molecule has 2 aliphatic rings. The molecule has 206 valence electrons. The molecule has 1 aliphatic carbocycles. The van der Waals surface area contributed by atoms with Gasteiger partial charge < -0.3 is 21.3 Å². The lowest BCUT2D eigenvalue weighted by atomic mass is 9.69. The number of carbonyl (C=O) groups excluding carboxylic acids is 2. The molecule has 2 atom stereocenters. The second kappa shape index (κ2) is 12.8. The van der Waals surface area contributed by atoms with Gasteiger partial charge in [-0.05, 0) is 67.1 Å². The summed E-state index contributed by atoms with van der Waals surface area (Å²) >= 11 is 0. The molecule has 1 saturated heterocycles. The summed E-state index contributed by atoms with van der Waals surface area (Å²) < 4.78 is 0. The lowest BCUT2D eigenvalue weighted by Crippen LogP contribution is -2.51. The van der Waals surface area contributed by atoms with Crippen molar-refractivity contribution in [3.05, 3.63) is 83.9 Å². The topological polar surface area (TPSA) is 87.5 Å². The smallest absolute Gasteiger partial charge is 0.251 e. The van der Waals surface area contributed by atoms with Gasteiger partial charge >= 0.3 is 0 Å². The molecule has 0 spiro atoms. The van der Waals surface area contributed by atoms with Gasteiger partial charge in [-0.2, -0.15) is 0 Å². The highest BCUT2D eigenvalue weighted by Gasteiger charge is 2.39. The molecule has 2 amide bonds. The standard InChI is InChI=1S/C33H42N4O2/c34-20-9-14-30-32(39)37(24-33(18-7-2-8-19-33)28-12-3-1-4-13-28)21-17-29(36-30)23-35-31(38)27-16-15-25-10-5-6-11-26(25)22-27/h1,3-6,10-13,15-16,22,29-30,36H,2,7-9,14,17-21,23-24,34H2,(H,35,38). The molecule has 1 aliphatic heterocycles. The second-order valence-electron chi connectivity index (χ2n) is 11.4. The third-order valence-corrected chi connectivity index (χ3v) is 8.70. The van der Waals surface area contributed by atoms with E-state index < -0.39 is 0 Å². The van der Waals surface area contributed by atoms with Crippen LogP contribution in [0.1, 0.15) is 67.3 Å². The first-order valence-electron chi connectivity index (χ1n) is 14.7. The minimum Gasteiger partial charge on any atom is -0.350 e. The zero-order valence-corrected chi connectivity index (χ0v) is 22.9. The van der Waals surface area contributed by atoms with Gasteiger partial charge in [0.05, 0.1) is 6.04 Å². The fraction of sp³-hybridized carbons (Fsp3) is 0.455. The number of hydrogen-bond donors (Lipinski definition) is 3. The molecule has 1 heterocycles. The van der Waals surface area contributed by atoms with Crippen molar-refractivity contribution in [2.75, 3.05) is 26.2 Å².